The molecule has 4 heteroatoms. The molecule has 0 radical (unpaired) electrons. The van der Waals surface area contributed by atoms with Gasteiger partial charge in [-0.3, -0.25) is 4.79 Å². The van der Waals surface area contributed by atoms with Gasteiger partial charge in [-0.1, -0.05) is 31.7 Å². The maximum absolute atomic E-state index is 12.0. The molecule has 1 fully saturated rings. The summed E-state index contributed by atoms with van der Waals surface area (Å²) in [5.74, 6) is 0.0946. The number of anilines is 2. The van der Waals surface area contributed by atoms with Crippen LogP contribution in [0.1, 0.15) is 38.5 Å². The summed E-state index contributed by atoms with van der Waals surface area (Å²) in [4.78, 5) is 14.1. The lowest BCUT2D eigenvalue weighted by atomic mass is 10.1. The fraction of sp³-hybridized carbons (Fsp3) is 0.588. The summed E-state index contributed by atoms with van der Waals surface area (Å²) in [7, 11) is 4.02. The molecule has 0 aliphatic heterocycles. The van der Waals surface area contributed by atoms with Gasteiger partial charge in [-0.25, -0.2) is 0 Å². The molecule has 116 valence electrons. The van der Waals surface area contributed by atoms with Crippen LogP contribution in [0.2, 0.25) is 0 Å². The van der Waals surface area contributed by atoms with Crippen molar-refractivity contribution in [2.24, 2.45) is 0 Å². The molecule has 0 heterocycles. The van der Waals surface area contributed by atoms with Crippen LogP contribution in [0.5, 0.6) is 0 Å². The van der Waals surface area contributed by atoms with Crippen molar-refractivity contribution in [2.75, 3.05) is 30.9 Å². The summed E-state index contributed by atoms with van der Waals surface area (Å²) in [6.45, 7) is 0.341. The van der Waals surface area contributed by atoms with E-state index >= 15 is 0 Å². The highest BCUT2D eigenvalue weighted by Crippen LogP contribution is 2.18. The van der Waals surface area contributed by atoms with Crippen molar-refractivity contribution in [1.82, 2.24) is 5.32 Å². The lowest BCUT2D eigenvalue weighted by Gasteiger charge is -2.17. The Morgan fingerprint density at radius 1 is 1.19 bits per heavy atom. The molecule has 1 aromatic carbocycles. The first-order valence-corrected chi connectivity index (χ1v) is 7.96. The predicted molar refractivity (Wildman–Crippen MR) is 88.9 cm³/mol. The fourth-order valence-electron chi connectivity index (χ4n) is 2.78. The predicted octanol–water partition coefficient (Wildman–Crippen LogP) is 3.00. The van der Waals surface area contributed by atoms with Crippen LogP contribution >= 0.6 is 0 Å². The Morgan fingerprint density at radius 3 is 2.57 bits per heavy atom. The zero-order valence-electron chi connectivity index (χ0n) is 13.2. The number of nitrogens with zero attached hydrogens (tertiary/aromatic N) is 1. The van der Waals surface area contributed by atoms with Crippen LogP contribution < -0.4 is 15.5 Å². The molecule has 0 spiro atoms. The van der Waals surface area contributed by atoms with Crippen LogP contribution in [0.4, 0.5) is 11.4 Å². The van der Waals surface area contributed by atoms with Gasteiger partial charge in [0.15, 0.2) is 0 Å². The van der Waals surface area contributed by atoms with Gasteiger partial charge in [-0.2, -0.15) is 0 Å². The molecule has 2 N–H and O–H groups in total. The van der Waals surface area contributed by atoms with Crippen molar-refractivity contribution in [3.63, 3.8) is 0 Å². The van der Waals surface area contributed by atoms with Crippen molar-refractivity contribution in [1.29, 1.82) is 0 Å². The van der Waals surface area contributed by atoms with E-state index in [2.05, 4.69) is 27.7 Å². The van der Waals surface area contributed by atoms with Gasteiger partial charge in [0.1, 0.15) is 0 Å². The molecule has 1 aliphatic rings. The standard InChI is InChI=1S/C17H27N3O/c1-20(2)16-11-7-10-15(12-16)18-13-17(21)19-14-8-5-3-4-6-9-14/h7,10-12,14,18H,3-6,8-9,13H2,1-2H3,(H,19,21). The summed E-state index contributed by atoms with van der Waals surface area (Å²) in [6, 6.07) is 8.47. The van der Waals surface area contributed by atoms with E-state index in [0.717, 1.165) is 24.2 Å². The van der Waals surface area contributed by atoms with Gasteiger partial charge in [0.05, 0.1) is 6.54 Å². The molecule has 1 saturated carbocycles. The Morgan fingerprint density at radius 2 is 1.90 bits per heavy atom. The first-order valence-electron chi connectivity index (χ1n) is 7.96. The van der Waals surface area contributed by atoms with Crippen molar-refractivity contribution >= 4 is 17.3 Å². The van der Waals surface area contributed by atoms with E-state index in [9.17, 15) is 4.79 Å². The zero-order valence-corrected chi connectivity index (χ0v) is 13.2. The summed E-state index contributed by atoms with van der Waals surface area (Å²) >= 11 is 0. The molecule has 0 aromatic heterocycles. The Hall–Kier alpha value is -1.71. The lowest BCUT2D eigenvalue weighted by Crippen LogP contribution is -2.38. The van der Waals surface area contributed by atoms with E-state index in [-0.39, 0.29) is 5.91 Å². The van der Waals surface area contributed by atoms with Crippen molar-refractivity contribution in [3.8, 4) is 0 Å². The average molecular weight is 289 g/mol. The second-order valence-corrected chi connectivity index (χ2v) is 6.05. The van der Waals surface area contributed by atoms with Crippen LogP contribution in [0.25, 0.3) is 0 Å². The minimum atomic E-state index is 0.0946. The summed E-state index contributed by atoms with van der Waals surface area (Å²) in [6.07, 6.45) is 7.35. The van der Waals surface area contributed by atoms with Crippen molar-refractivity contribution in [2.45, 2.75) is 44.6 Å². The van der Waals surface area contributed by atoms with Gasteiger partial charge >= 0.3 is 0 Å². The molecule has 1 aromatic rings. The largest absolute Gasteiger partial charge is 0.378 e. The van der Waals surface area contributed by atoms with Gasteiger partial charge in [-0.15, -0.1) is 0 Å². The second kappa shape index (κ2) is 7.91. The van der Waals surface area contributed by atoms with Gasteiger partial charge < -0.3 is 15.5 Å². The minimum Gasteiger partial charge on any atom is -0.378 e. The molecule has 21 heavy (non-hydrogen) atoms. The van der Waals surface area contributed by atoms with Gasteiger partial charge in [0.25, 0.3) is 0 Å². The first kappa shape index (κ1) is 15.7. The molecular weight excluding hydrogens is 262 g/mol. The summed E-state index contributed by atoms with van der Waals surface area (Å²) in [5, 5.41) is 6.36. The quantitative estimate of drug-likeness (QED) is 0.819. The Kier molecular flexibility index (Phi) is 5.90. The maximum atomic E-state index is 12.0. The van der Waals surface area contributed by atoms with E-state index in [4.69, 9.17) is 0 Å². The molecule has 4 nitrogen and oxygen atoms in total. The monoisotopic (exact) mass is 289 g/mol. The molecule has 2 rings (SSSR count). The number of rotatable bonds is 5. The normalized spacial score (nSPS) is 16.1. The van der Waals surface area contributed by atoms with E-state index in [1.807, 2.05) is 26.2 Å². The van der Waals surface area contributed by atoms with Crippen molar-refractivity contribution in [3.05, 3.63) is 24.3 Å². The molecule has 0 atom stereocenters. The number of carbonyl (C=O) groups excluding carboxylic acids is 1. The number of hydrogen-bond acceptors (Lipinski definition) is 3. The van der Waals surface area contributed by atoms with E-state index < -0.39 is 0 Å². The number of nitrogens with one attached hydrogen (secondary N) is 2. The van der Waals surface area contributed by atoms with E-state index in [1.54, 1.807) is 0 Å². The highest BCUT2D eigenvalue weighted by molar-refractivity contribution is 5.81. The van der Waals surface area contributed by atoms with Gasteiger partial charge in [0, 0.05) is 31.5 Å². The van der Waals surface area contributed by atoms with Crippen LogP contribution in [0.15, 0.2) is 24.3 Å². The third kappa shape index (κ3) is 5.29. The SMILES string of the molecule is CN(C)c1cccc(NCC(=O)NC2CCCCCC2)c1. The Bertz CT molecular complexity index is 451. The first-order chi connectivity index (χ1) is 10.1. The molecule has 0 bridgehead atoms. The molecule has 1 amide bonds. The second-order valence-electron chi connectivity index (χ2n) is 6.05. The third-order valence-electron chi connectivity index (χ3n) is 4.04. The lowest BCUT2D eigenvalue weighted by molar-refractivity contribution is -0.120. The van der Waals surface area contributed by atoms with Crippen LogP contribution in [-0.4, -0.2) is 32.6 Å². The fourth-order valence-corrected chi connectivity index (χ4v) is 2.78. The zero-order chi connectivity index (χ0) is 15.1. The molecular formula is C17H27N3O. The molecule has 1 aliphatic carbocycles. The van der Waals surface area contributed by atoms with Crippen LogP contribution in [0.3, 0.4) is 0 Å². The molecule has 0 unspecified atom stereocenters. The van der Waals surface area contributed by atoms with Gasteiger partial charge in [-0.05, 0) is 31.0 Å². The van der Waals surface area contributed by atoms with Gasteiger partial charge in [0.2, 0.25) is 5.91 Å². The highest BCUT2D eigenvalue weighted by Gasteiger charge is 2.14. The van der Waals surface area contributed by atoms with Crippen LogP contribution in [-0.2, 0) is 4.79 Å². The summed E-state index contributed by atoms with van der Waals surface area (Å²) in [5.41, 5.74) is 2.11. The average Bonchev–Trinajstić information content (AvgIpc) is 2.74. The Balaban J connectivity index is 1.79. The number of carbonyl (C=O) groups is 1. The smallest absolute Gasteiger partial charge is 0.239 e. The number of benzene rings is 1. The van der Waals surface area contributed by atoms with E-state index in [0.29, 0.717) is 12.6 Å². The number of amides is 1. The maximum Gasteiger partial charge on any atom is 0.239 e. The minimum absolute atomic E-state index is 0.0946. The Labute approximate surface area is 127 Å². The van der Waals surface area contributed by atoms with Crippen LogP contribution in [0, 0.1) is 0 Å². The topological polar surface area (TPSA) is 44.4 Å². The highest BCUT2D eigenvalue weighted by atomic mass is 16.1. The van der Waals surface area contributed by atoms with E-state index in [1.165, 1.54) is 25.7 Å². The molecule has 0 saturated heterocycles. The van der Waals surface area contributed by atoms with Crippen molar-refractivity contribution < 1.29 is 4.79 Å². The number of hydrogen-bond donors (Lipinski definition) is 2. The summed E-state index contributed by atoms with van der Waals surface area (Å²) < 4.78 is 0. The third-order valence-corrected chi connectivity index (χ3v) is 4.04.